The SMILES string of the molecule is Cc1c(NCC(=O)O)ccc(C(Cl)Cl)c1CCCl. The third-order valence-corrected chi connectivity index (χ3v) is 3.30. The van der Waals surface area contributed by atoms with Gasteiger partial charge in [-0.3, -0.25) is 4.79 Å². The van der Waals surface area contributed by atoms with E-state index in [1.165, 1.54) is 0 Å². The van der Waals surface area contributed by atoms with Crippen LogP contribution in [0.1, 0.15) is 21.5 Å². The Labute approximate surface area is 121 Å². The highest BCUT2D eigenvalue weighted by Crippen LogP contribution is 2.33. The molecule has 0 unspecified atom stereocenters. The molecule has 6 heteroatoms. The third-order valence-electron chi connectivity index (χ3n) is 2.64. The summed E-state index contributed by atoms with van der Waals surface area (Å²) in [5.74, 6) is -0.457. The molecule has 0 bridgehead atoms. The lowest BCUT2D eigenvalue weighted by Gasteiger charge is -2.17. The number of hydrogen-bond acceptors (Lipinski definition) is 2. The van der Waals surface area contributed by atoms with Gasteiger partial charge in [0.05, 0.1) is 0 Å². The Kier molecular flexibility index (Phi) is 6.06. The zero-order valence-corrected chi connectivity index (χ0v) is 12.1. The number of anilines is 1. The number of aliphatic carboxylic acids is 1. The number of hydrogen-bond donors (Lipinski definition) is 2. The highest BCUT2D eigenvalue weighted by atomic mass is 35.5. The molecule has 3 nitrogen and oxygen atoms in total. The van der Waals surface area contributed by atoms with E-state index in [0.717, 1.165) is 22.4 Å². The maximum absolute atomic E-state index is 10.5. The van der Waals surface area contributed by atoms with Gasteiger partial charge in [0.1, 0.15) is 11.4 Å². The highest BCUT2D eigenvalue weighted by Gasteiger charge is 2.14. The third kappa shape index (κ3) is 3.94. The molecule has 0 aliphatic heterocycles. The number of nitrogens with one attached hydrogen (secondary N) is 1. The lowest BCUT2D eigenvalue weighted by molar-refractivity contribution is -0.134. The minimum Gasteiger partial charge on any atom is -0.480 e. The van der Waals surface area contributed by atoms with E-state index in [1.807, 2.05) is 6.92 Å². The van der Waals surface area contributed by atoms with Gasteiger partial charge >= 0.3 is 5.97 Å². The van der Waals surface area contributed by atoms with Crippen LogP contribution in [0.3, 0.4) is 0 Å². The lowest BCUT2D eigenvalue weighted by Crippen LogP contribution is -2.14. The first-order chi connectivity index (χ1) is 8.47. The average molecular weight is 311 g/mol. The number of rotatable bonds is 6. The number of benzene rings is 1. The summed E-state index contributed by atoms with van der Waals surface area (Å²) >= 11 is 17.6. The van der Waals surface area contributed by atoms with E-state index >= 15 is 0 Å². The van der Waals surface area contributed by atoms with Gasteiger partial charge in [-0.2, -0.15) is 0 Å². The normalized spacial score (nSPS) is 10.7. The van der Waals surface area contributed by atoms with E-state index in [9.17, 15) is 4.79 Å². The molecule has 0 saturated carbocycles. The first kappa shape index (κ1) is 15.4. The van der Waals surface area contributed by atoms with Crippen molar-refractivity contribution in [3.05, 3.63) is 28.8 Å². The highest BCUT2D eigenvalue weighted by molar-refractivity contribution is 6.44. The van der Waals surface area contributed by atoms with Crippen LogP contribution in [0.15, 0.2) is 12.1 Å². The second-order valence-electron chi connectivity index (χ2n) is 3.79. The van der Waals surface area contributed by atoms with Crippen molar-refractivity contribution in [1.82, 2.24) is 0 Å². The van der Waals surface area contributed by atoms with E-state index in [0.29, 0.717) is 12.3 Å². The number of alkyl halides is 3. The second kappa shape index (κ2) is 7.07. The second-order valence-corrected chi connectivity index (χ2v) is 5.27. The van der Waals surface area contributed by atoms with Crippen molar-refractivity contribution in [2.24, 2.45) is 0 Å². The van der Waals surface area contributed by atoms with Crippen molar-refractivity contribution in [3.8, 4) is 0 Å². The van der Waals surface area contributed by atoms with Gasteiger partial charge in [0.25, 0.3) is 0 Å². The Hall–Kier alpha value is -0.640. The molecule has 1 rings (SSSR count). The van der Waals surface area contributed by atoms with Crippen LogP contribution in [0.5, 0.6) is 0 Å². The summed E-state index contributed by atoms with van der Waals surface area (Å²) in [6.07, 6.45) is 0.640. The Bertz CT molecular complexity index is 436. The summed E-state index contributed by atoms with van der Waals surface area (Å²) in [4.78, 5) is 9.93. The Morgan fingerprint density at radius 1 is 1.44 bits per heavy atom. The van der Waals surface area contributed by atoms with Crippen LogP contribution in [0.4, 0.5) is 5.69 Å². The number of carboxylic acid groups (broad SMARTS) is 1. The molecule has 0 aliphatic rings. The van der Waals surface area contributed by atoms with E-state index in [-0.39, 0.29) is 6.54 Å². The van der Waals surface area contributed by atoms with E-state index < -0.39 is 10.8 Å². The molecule has 2 N–H and O–H groups in total. The van der Waals surface area contributed by atoms with Crippen molar-refractivity contribution in [3.63, 3.8) is 0 Å². The van der Waals surface area contributed by atoms with Gasteiger partial charge in [0, 0.05) is 11.6 Å². The summed E-state index contributed by atoms with van der Waals surface area (Å²) in [6, 6.07) is 3.58. The van der Waals surface area contributed by atoms with Crippen LogP contribution in [-0.2, 0) is 11.2 Å². The van der Waals surface area contributed by atoms with Crippen LogP contribution < -0.4 is 5.32 Å². The molecule has 0 fully saturated rings. The smallest absolute Gasteiger partial charge is 0.322 e. The summed E-state index contributed by atoms with van der Waals surface area (Å²) in [5, 5.41) is 11.5. The van der Waals surface area contributed by atoms with Crippen molar-refractivity contribution in [1.29, 1.82) is 0 Å². The van der Waals surface area contributed by atoms with Crippen molar-refractivity contribution < 1.29 is 9.90 Å². The number of halogens is 3. The van der Waals surface area contributed by atoms with Gasteiger partial charge in [-0.25, -0.2) is 0 Å². The Morgan fingerprint density at radius 3 is 2.61 bits per heavy atom. The van der Waals surface area contributed by atoms with Gasteiger partial charge in [-0.15, -0.1) is 34.8 Å². The van der Waals surface area contributed by atoms with Crippen molar-refractivity contribution in [2.75, 3.05) is 17.7 Å². The van der Waals surface area contributed by atoms with Gasteiger partial charge in [0.2, 0.25) is 0 Å². The van der Waals surface area contributed by atoms with E-state index in [1.54, 1.807) is 12.1 Å². The fourth-order valence-corrected chi connectivity index (χ4v) is 2.37. The summed E-state index contributed by atoms with van der Waals surface area (Å²) in [7, 11) is 0. The van der Waals surface area contributed by atoms with Crippen molar-refractivity contribution >= 4 is 46.5 Å². The zero-order chi connectivity index (χ0) is 13.7. The molecule has 18 heavy (non-hydrogen) atoms. The molecule has 0 amide bonds. The molecule has 0 aromatic heterocycles. The van der Waals surface area contributed by atoms with Gasteiger partial charge < -0.3 is 10.4 Å². The summed E-state index contributed by atoms with van der Waals surface area (Å²) < 4.78 is 0. The number of carbonyl (C=O) groups is 1. The topological polar surface area (TPSA) is 49.3 Å². The van der Waals surface area contributed by atoms with Crippen molar-refractivity contribution in [2.45, 2.75) is 18.2 Å². The molecule has 0 aliphatic carbocycles. The first-order valence-electron chi connectivity index (χ1n) is 5.39. The monoisotopic (exact) mass is 309 g/mol. The molecule has 0 radical (unpaired) electrons. The quantitative estimate of drug-likeness (QED) is 0.787. The van der Waals surface area contributed by atoms with Crippen LogP contribution in [-0.4, -0.2) is 23.5 Å². The van der Waals surface area contributed by atoms with Gasteiger partial charge in [0.15, 0.2) is 0 Å². The van der Waals surface area contributed by atoms with Gasteiger partial charge in [-0.1, -0.05) is 6.07 Å². The van der Waals surface area contributed by atoms with Gasteiger partial charge in [-0.05, 0) is 36.1 Å². The largest absolute Gasteiger partial charge is 0.480 e. The fraction of sp³-hybridized carbons (Fsp3) is 0.417. The molecule has 0 atom stereocenters. The predicted molar refractivity (Wildman–Crippen MR) is 76.2 cm³/mol. The Morgan fingerprint density at radius 2 is 2.11 bits per heavy atom. The van der Waals surface area contributed by atoms with Crippen LogP contribution in [0.25, 0.3) is 0 Å². The molecule has 0 heterocycles. The standard InChI is InChI=1S/C12H14Cl3NO2/c1-7-8(4-5-13)9(12(14)15)2-3-10(7)16-6-11(17)18/h2-3,12,16H,4-6H2,1H3,(H,17,18). The van der Waals surface area contributed by atoms with Crippen LogP contribution in [0.2, 0.25) is 0 Å². The minimum atomic E-state index is -0.912. The zero-order valence-electron chi connectivity index (χ0n) is 9.84. The van der Waals surface area contributed by atoms with Crippen LogP contribution in [0, 0.1) is 6.92 Å². The average Bonchev–Trinajstić information content (AvgIpc) is 2.29. The van der Waals surface area contributed by atoms with E-state index in [2.05, 4.69) is 5.32 Å². The maximum atomic E-state index is 10.5. The minimum absolute atomic E-state index is 0.133. The molecular weight excluding hydrogens is 296 g/mol. The molecule has 1 aromatic carbocycles. The Balaban J connectivity index is 3.08. The molecule has 0 spiro atoms. The number of carboxylic acids is 1. The molecule has 1 aromatic rings. The first-order valence-corrected chi connectivity index (χ1v) is 6.80. The summed E-state index contributed by atoms with van der Waals surface area (Å²) in [6.45, 7) is 1.76. The predicted octanol–water partition coefficient (Wildman–Crippen LogP) is 3.75. The summed E-state index contributed by atoms with van der Waals surface area (Å²) in [5.41, 5.74) is 3.48. The molecule has 100 valence electrons. The lowest BCUT2D eigenvalue weighted by atomic mass is 9.98. The van der Waals surface area contributed by atoms with E-state index in [4.69, 9.17) is 39.9 Å². The molecule has 0 saturated heterocycles. The fourth-order valence-electron chi connectivity index (χ4n) is 1.77. The van der Waals surface area contributed by atoms with Crippen LogP contribution >= 0.6 is 34.8 Å². The maximum Gasteiger partial charge on any atom is 0.322 e. The molecular formula is C12H14Cl3NO2.